The fourth-order valence-corrected chi connectivity index (χ4v) is 15.2. The Morgan fingerprint density at radius 3 is 1.81 bits per heavy atom. The van der Waals surface area contributed by atoms with Crippen LogP contribution in [0.4, 0.5) is 0 Å². The molecule has 0 unspecified atom stereocenters. The van der Waals surface area contributed by atoms with E-state index in [0.29, 0.717) is 32.1 Å². The molecule has 390 valence electrons. The molecule has 0 amide bonds. The number of carbonyl (C=O) groups is 1. The Bertz CT molecular complexity index is 1870. The van der Waals surface area contributed by atoms with E-state index in [1.165, 1.54) is 0 Å². The van der Waals surface area contributed by atoms with Gasteiger partial charge in [-0.2, -0.15) is 0 Å². The minimum Gasteiger partial charge on any atom is -0.479 e. The minimum atomic E-state index is -2.13. The maximum absolute atomic E-state index is 12.8. The Hall–Kier alpha value is -1.55. The quantitative estimate of drug-likeness (QED) is 0.0736. The van der Waals surface area contributed by atoms with E-state index < -0.39 is 181 Å². The molecule has 5 aliphatic carbocycles. The summed E-state index contributed by atoms with van der Waals surface area (Å²) in [6.07, 6.45) is -24.4. The van der Waals surface area contributed by atoms with E-state index in [-0.39, 0.29) is 24.7 Å². The molecule has 4 saturated carbocycles. The molecule has 0 aromatic carbocycles. The first-order chi connectivity index (χ1) is 31.8. The topological polar surface area (TPSA) is 356 Å². The second-order valence-corrected chi connectivity index (χ2v) is 23.1. The third-order valence-corrected chi connectivity index (χ3v) is 19.5. The van der Waals surface area contributed by atoms with Crippen molar-refractivity contribution in [2.45, 2.75) is 197 Å². The van der Waals surface area contributed by atoms with Crippen molar-refractivity contribution in [2.75, 3.05) is 26.4 Å². The number of hydrogen-bond acceptors (Lipinski definition) is 20. The van der Waals surface area contributed by atoms with Crippen molar-refractivity contribution in [1.82, 2.24) is 0 Å². The highest BCUT2D eigenvalue weighted by molar-refractivity contribution is 5.73. The standard InChI is InChI=1S/C47H76O21/c1-42(2)13-20-19-7-8-24-43(3)11-10-26(44(4,17-50)23(43)9-12-45(24,5)46(19,6)14-25(52)47(20,18-51)37(60)36(42)59)65-41-35(68-40-31(57)29(55)27(53)21(15-48)63-40)33(32(58)34(67-41)38(61)62)66-39-30(56)28(54)22(16-49)64-39/h7,20-37,39-41,48-60H,8-18H2,1-6H3,(H,61,62)/t20-,21+,22-,23+,24+,25+,26-,27+,28-,29-,30+,31+,32-,33-,34-,35+,36-,37+,39-,40-,41+,43-,44+,45+,46+,47-/m0/s1. The van der Waals surface area contributed by atoms with Crippen LogP contribution in [0.3, 0.4) is 0 Å². The molecule has 0 bridgehead atoms. The number of carboxylic acid groups (broad SMARTS) is 1. The molecule has 3 aliphatic heterocycles. The number of aliphatic carboxylic acids is 1. The molecule has 0 radical (unpaired) electrons. The number of aliphatic hydroxyl groups is 13. The molecular weight excluding hydrogens is 900 g/mol. The van der Waals surface area contributed by atoms with Crippen LogP contribution in [0.5, 0.6) is 0 Å². The number of hydrogen-bond donors (Lipinski definition) is 14. The first-order valence-electron chi connectivity index (χ1n) is 24.2. The van der Waals surface area contributed by atoms with Crippen LogP contribution in [0.25, 0.3) is 0 Å². The van der Waals surface area contributed by atoms with Crippen molar-refractivity contribution in [1.29, 1.82) is 0 Å². The van der Waals surface area contributed by atoms with Crippen LogP contribution >= 0.6 is 0 Å². The van der Waals surface area contributed by atoms with Gasteiger partial charge < -0.3 is 99.9 Å². The summed E-state index contributed by atoms with van der Waals surface area (Å²) in [6, 6.07) is 0. The lowest BCUT2D eigenvalue weighted by Crippen LogP contribution is -2.72. The van der Waals surface area contributed by atoms with Crippen molar-refractivity contribution < 1.29 is 105 Å². The van der Waals surface area contributed by atoms with Gasteiger partial charge in [0.2, 0.25) is 0 Å². The highest BCUT2D eigenvalue weighted by Crippen LogP contribution is 2.76. The maximum Gasteiger partial charge on any atom is 0.335 e. The zero-order chi connectivity index (χ0) is 50.0. The smallest absolute Gasteiger partial charge is 0.335 e. The van der Waals surface area contributed by atoms with Crippen LogP contribution in [0.15, 0.2) is 11.6 Å². The minimum absolute atomic E-state index is 0.0104. The van der Waals surface area contributed by atoms with E-state index in [1.54, 1.807) is 0 Å². The Kier molecular flexibility index (Phi) is 14.3. The predicted octanol–water partition coefficient (Wildman–Crippen LogP) is -2.77. The highest BCUT2D eigenvalue weighted by atomic mass is 16.8. The van der Waals surface area contributed by atoms with Gasteiger partial charge in [-0.1, -0.05) is 53.2 Å². The summed E-state index contributed by atoms with van der Waals surface area (Å²) in [5, 5.41) is 153. The van der Waals surface area contributed by atoms with Crippen LogP contribution < -0.4 is 0 Å². The number of fused-ring (bicyclic) bond motifs is 7. The Balaban J connectivity index is 1.13. The molecule has 0 aromatic rings. The number of rotatable bonds is 11. The van der Waals surface area contributed by atoms with Crippen LogP contribution in [0.2, 0.25) is 0 Å². The molecule has 21 nitrogen and oxygen atoms in total. The molecule has 0 aromatic heterocycles. The van der Waals surface area contributed by atoms with Crippen molar-refractivity contribution in [3.05, 3.63) is 11.6 Å². The van der Waals surface area contributed by atoms with Gasteiger partial charge in [0.1, 0.15) is 61.0 Å². The van der Waals surface area contributed by atoms with E-state index in [2.05, 4.69) is 26.8 Å². The lowest BCUT2D eigenvalue weighted by molar-refractivity contribution is -0.387. The van der Waals surface area contributed by atoms with Crippen LogP contribution in [-0.4, -0.2) is 214 Å². The number of ether oxygens (including phenoxy) is 6. The first kappa shape index (κ1) is 52.8. The van der Waals surface area contributed by atoms with Gasteiger partial charge >= 0.3 is 5.97 Å². The molecule has 8 aliphatic rings. The average Bonchev–Trinajstić information content (AvgIpc) is 3.56. The average molecular weight is 977 g/mol. The van der Waals surface area contributed by atoms with Crippen LogP contribution in [-0.2, 0) is 33.2 Å². The van der Waals surface area contributed by atoms with Crippen molar-refractivity contribution in [3.8, 4) is 0 Å². The molecule has 8 rings (SSSR count). The van der Waals surface area contributed by atoms with Crippen LogP contribution in [0, 0.1) is 50.2 Å². The summed E-state index contributed by atoms with van der Waals surface area (Å²) in [5.41, 5.74) is -3.56. The number of allylic oxidation sites excluding steroid dienone is 2. The molecule has 7 fully saturated rings. The van der Waals surface area contributed by atoms with Gasteiger partial charge in [-0.25, -0.2) is 4.79 Å². The predicted molar refractivity (Wildman–Crippen MR) is 230 cm³/mol. The summed E-state index contributed by atoms with van der Waals surface area (Å²) in [6.45, 7) is 9.80. The Labute approximate surface area is 395 Å². The molecule has 21 heteroatoms. The van der Waals surface area contributed by atoms with Gasteiger partial charge in [0.25, 0.3) is 0 Å². The van der Waals surface area contributed by atoms with Gasteiger partial charge in [0, 0.05) is 5.41 Å². The molecule has 0 spiro atoms. The summed E-state index contributed by atoms with van der Waals surface area (Å²) in [7, 11) is 0. The summed E-state index contributed by atoms with van der Waals surface area (Å²) in [4.78, 5) is 12.8. The zero-order valence-corrected chi connectivity index (χ0v) is 39.6. The van der Waals surface area contributed by atoms with Crippen LogP contribution in [0.1, 0.15) is 86.5 Å². The summed E-state index contributed by atoms with van der Waals surface area (Å²) >= 11 is 0. The van der Waals surface area contributed by atoms with Gasteiger partial charge in [0.05, 0.1) is 56.3 Å². The molecular formula is C47H76O21. The lowest BCUT2D eigenvalue weighted by Gasteiger charge is -2.72. The maximum atomic E-state index is 12.8. The summed E-state index contributed by atoms with van der Waals surface area (Å²) in [5.74, 6) is -2.33. The van der Waals surface area contributed by atoms with Gasteiger partial charge in [-0.05, 0) is 84.4 Å². The van der Waals surface area contributed by atoms with Gasteiger partial charge in [-0.3, -0.25) is 0 Å². The fraction of sp³-hybridized carbons (Fsp3) is 0.936. The molecule has 68 heavy (non-hydrogen) atoms. The van der Waals surface area contributed by atoms with E-state index in [0.717, 1.165) is 5.57 Å². The highest BCUT2D eigenvalue weighted by Gasteiger charge is 2.73. The number of carboxylic acids is 1. The molecule has 3 heterocycles. The molecule has 3 saturated heterocycles. The third-order valence-electron chi connectivity index (χ3n) is 19.5. The second-order valence-electron chi connectivity index (χ2n) is 23.1. The lowest BCUT2D eigenvalue weighted by atomic mass is 9.33. The third kappa shape index (κ3) is 7.63. The van der Waals surface area contributed by atoms with Gasteiger partial charge in [-0.15, -0.1) is 0 Å². The number of aliphatic hydroxyl groups excluding tert-OH is 13. The van der Waals surface area contributed by atoms with E-state index >= 15 is 0 Å². The second kappa shape index (κ2) is 18.4. The normalized spacial score (nSPS) is 55.6. The monoisotopic (exact) mass is 976 g/mol. The summed E-state index contributed by atoms with van der Waals surface area (Å²) < 4.78 is 36.1. The molecule has 26 atom stereocenters. The van der Waals surface area contributed by atoms with Crippen molar-refractivity contribution >= 4 is 5.97 Å². The first-order valence-corrected chi connectivity index (χ1v) is 24.2. The molecule has 14 N–H and O–H groups in total. The Morgan fingerprint density at radius 1 is 0.647 bits per heavy atom. The Morgan fingerprint density at radius 2 is 1.24 bits per heavy atom. The SMILES string of the molecule is CC1(C)C[C@H]2C3=CC[C@@H]4[C@@]5(C)CC[C@H](O[C@@H]6O[C@H](C(=O)O)[C@@H](O)[C@H](O[C@@H]7O[C@@H](CO)[C@H](O)[C@H]7O)[C@H]6O[C@@H]6O[C@H](CO)[C@@H](O)[C@H](O)[C@H]6O)[C@](C)(CO)[C@@H]5CC[C@@]4(C)[C@]3(C)C[C@@H](O)[C@@]2(CO)[C@H](O)[C@@H]1O. The fourth-order valence-electron chi connectivity index (χ4n) is 15.2. The van der Waals surface area contributed by atoms with E-state index in [4.69, 9.17) is 28.4 Å². The zero-order valence-electron chi connectivity index (χ0n) is 39.6. The van der Waals surface area contributed by atoms with Crippen molar-refractivity contribution in [2.24, 2.45) is 50.2 Å². The van der Waals surface area contributed by atoms with Crippen molar-refractivity contribution in [3.63, 3.8) is 0 Å². The van der Waals surface area contributed by atoms with Gasteiger partial charge in [0.15, 0.2) is 25.0 Å². The van der Waals surface area contributed by atoms with E-state index in [9.17, 15) is 76.3 Å². The van der Waals surface area contributed by atoms with E-state index in [1.807, 2.05) is 20.8 Å². The largest absolute Gasteiger partial charge is 0.479 e.